The van der Waals surface area contributed by atoms with Gasteiger partial charge in [0.25, 0.3) is 0 Å². The van der Waals surface area contributed by atoms with Crippen molar-refractivity contribution >= 4 is 57.9 Å². The normalized spacial score (nSPS) is 16.0. The molecule has 1 heterocycles. The second-order valence-electron chi connectivity index (χ2n) is 11.5. The van der Waals surface area contributed by atoms with E-state index in [1.165, 1.54) is 0 Å². The molecule has 1 fully saturated rings. The predicted molar refractivity (Wildman–Crippen MR) is 179 cm³/mol. The Morgan fingerprint density at radius 1 is 0.957 bits per heavy atom. The molecular weight excluding hydrogens is 648 g/mol. The predicted octanol–water partition coefficient (Wildman–Crippen LogP) is 7.42. The Kier molecular flexibility index (Phi) is 12.7. The topological polar surface area (TPSA) is 121 Å². The van der Waals surface area contributed by atoms with Gasteiger partial charge < -0.3 is 14.9 Å². The smallest absolute Gasteiger partial charge is 0.371 e. The molecule has 1 atom stereocenters. The van der Waals surface area contributed by atoms with E-state index in [2.05, 4.69) is 4.90 Å². The van der Waals surface area contributed by atoms with Crippen molar-refractivity contribution in [2.75, 3.05) is 26.3 Å². The summed E-state index contributed by atoms with van der Waals surface area (Å²) in [4.78, 5) is 44.8. The van der Waals surface area contributed by atoms with Crippen LogP contribution in [0.2, 0.25) is 10.0 Å². The van der Waals surface area contributed by atoms with Crippen LogP contribution in [-0.2, 0) is 20.8 Å². The number of carboxylic acids is 2. The Balaban J connectivity index is 0.000000762. The molecule has 0 unspecified atom stereocenters. The summed E-state index contributed by atoms with van der Waals surface area (Å²) in [6, 6.07) is 19.0. The first kappa shape index (κ1) is 35.8. The van der Waals surface area contributed by atoms with Gasteiger partial charge in [0.15, 0.2) is 5.78 Å². The van der Waals surface area contributed by atoms with Gasteiger partial charge >= 0.3 is 11.9 Å². The summed E-state index contributed by atoms with van der Waals surface area (Å²) in [6.45, 7) is 3.16. The number of likely N-dealkylation sites (tertiary alicyclic amines) is 1. The number of carboxylic acid groups (broad SMARTS) is 2. The van der Waals surface area contributed by atoms with E-state index in [-0.39, 0.29) is 12.8 Å². The number of ether oxygens (including phenoxy) is 1. The molecular formula is C36H36Cl2FNO7. The molecule has 3 aromatic carbocycles. The van der Waals surface area contributed by atoms with Gasteiger partial charge in [-0.2, -0.15) is 0 Å². The van der Waals surface area contributed by atoms with Gasteiger partial charge in [0.05, 0.1) is 6.67 Å². The Morgan fingerprint density at radius 3 is 2.30 bits per heavy atom. The van der Waals surface area contributed by atoms with Crippen molar-refractivity contribution in [1.82, 2.24) is 4.90 Å². The summed E-state index contributed by atoms with van der Waals surface area (Å²) in [5.41, 5.74) is 6.39. The van der Waals surface area contributed by atoms with Crippen LogP contribution in [0.5, 0.6) is 5.75 Å². The van der Waals surface area contributed by atoms with Gasteiger partial charge in [-0.1, -0.05) is 53.5 Å². The van der Waals surface area contributed by atoms with E-state index in [4.69, 9.17) is 38.2 Å². The van der Waals surface area contributed by atoms with Gasteiger partial charge in [0.2, 0.25) is 5.78 Å². The number of hydrogen-bond donors (Lipinski definition) is 2. The fourth-order valence-electron chi connectivity index (χ4n) is 5.81. The third kappa shape index (κ3) is 9.73. The number of benzene rings is 3. The Labute approximate surface area is 282 Å². The summed E-state index contributed by atoms with van der Waals surface area (Å²) in [6.07, 6.45) is 3.33. The molecule has 0 aromatic heterocycles. The molecule has 47 heavy (non-hydrogen) atoms. The van der Waals surface area contributed by atoms with Crippen LogP contribution in [0.15, 0.2) is 60.7 Å². The number of aliphatic carboxylic acids is 2. The Bertz CT molecular complexity index is 1660. The maximum Gasteiger partial charge on any atom is 0.371 e. The molecule has 11 heteroatoms. The van der Waals surface area contributed by atoms with Gasteiger partial charge in [-0.3, -0.25) is 23.7 Å². The van der Waals surface area contributed by atoms with Gasteiger partial charge in [-0.15, -0.1) is 0 Å². The molecule has 0 radical (unpaired) electrons. The Morgan fingerprint density at radius 2 is 1.66 bits per heavy atom. The maximum atomic E-state index is 12.6. The lowest BCUT2D eigenvalue weighted by Crippen LogP contribution is -2.26. The zero-order valence-corrected chi connectivity index (χ0v) is 27.5. The summed E-state index contributed by atoms with van der Waals surface area (Å²) in [5.74, 6) is -2.98. The molecule has 1 aliphatic heterocycles. The number of aryl methyl sites for hydroxylation is 1. The minimum absolute atomic E-state index is 0.0727. The number of alkyl halides is 1. The molecule has 0 bridgehead atoms. The number of hydrogen-bond acceptors (Lipinski definition) is 6. The summed E-state index contributed by atoms with van der Waals surface area (Å²) >= 11 is 12.9. The van der Waals surface area contributed by atoms with Gasteiger partial charge in [0.1, 0.15) is 18.3 Å². The first-order valence-electron chi connectivity index (χ1n) is 15.3. The van der Waals surface area contributed by atoms with Gasteiger partial charge in [0, 0.05) is 42.2 Å². The fourth-order valence-corrected chi connectivity index (χ4v) is 6.33. The highest BCUT2D eigenvalue weighted by atomic mass is 35.5. The van der Waals surface area contributed by atoms with Gasteiger partial charge in [-0.25, -0.2) is 4.79 Å². The number of halogens is 3. The SMILES string of the molecule is CC(=O)C(=O)O.O=C(O)CC(=O)c1ccc2c(c1)CCCC(c1ccc(Cl)cc1Cl)=C2c1ccc(O[C@H]2CCN(CCCF)C2)cc1. The average molecular weight is 685 g/mol. The van der Waals surface area contributed by atoms with Crippen LogP contribution in [-0.4, -0.2) is 71.0 Å². The van der Waals surface area contributed by atoms with Crippen molar-refractivity contribution in [2.45, 2.75) is 51.6 Å². The molecule has 3 aromatic rings. The number of allylic oxidation sites excluding steroid dienone is 1. The van der Waals surface area contributed by atoms with E-state index >= 15 is 0 Å². The molecule has 2 aliphatic rings. The minimum atomic E-state index is -1.38. The van der Waals surface area contributed by atoms with Crippen LogP contribution in [0.3, 0.4) is 0 Å². The second kappa shape index (κ2) is 16.7. The van der Waals surface area contributed by atoms with Crippen molar-refractivity contribution in [3.8, 4) is 5.75 Å². The van der Waals surface area contributed by atoms with Crippen LogP contribution in [0.1, 0.15) is 71.6 Å². The standard InChI is InChI=1S/C33H32Cl2FNO4.C3H4O3/c34-24-8-12-28(30(35)18-24)29-4-1-3-22-17-23(31(38)19-32(39)40)7-11-27(22)33(29)21-5-9-25(10-6-21)41-26-13-16-37(20-26)15-2-14-36;1-2(4)3(5)6/h5-12,17-18,26H,1-4,13-16,19-20H2,(H,39,40);1H3,(H,5,6)/t26-;/m0./s1. The molecule has 0 amide bonds. The number of fused-ring (bicyclic) bond motifs is 1. The lowest BCUT2D eigenvalue weighted by Gasteiger charge is -2.19. The number of carbonyl (C=O) groups is 4. The highest BCUT2D eigenvalue weighted by Gasteiger charge is 2.25. The molecule has 5 rings (SSSR count). The number of carbonyl (C=O) groups excluding carboxylic acids is 2. The number of ketones is 2. The van der Waals surface area contributed by atoms with Crippen LogP contribution >= 0.6 is 23.2 Å². The van der Waals surface area contributed by atoms with E-state index in [1.807, 2.05) is 48.5 Å². The van der Waals surface area contributed by atoms with Crippen molar-refractivity contribution in [3.05, 3.63) is 98.5 Å². The lowest BCUT2D eigenvalue weighted by molar-refractivity contribution is -0.148. The molecule has 0 spiro atoms. The number of rotatable bonds is 11. The van der Waals surface area contributed by atoms with Crippen molar-refractivity contribution in [2.24, 2.45) is 0 Å². The van der Waals surface area contributed by atoms with E-state index in [0.717, 1.165) is 91.4 Å². The first-order valence-corrected chi connectivity index (χ1v) is 16.1. The van der Waals surface area contributed by atoms with Crippen LogP contribution in [0.25, 0.3) is 11.1 Å². The van der Waals surface area contributed by atoms with E-state index in [9.17, 15) is 23.6 Å². The van der Waals surface area contributed by atoms with Crippen LogP contribution in [0, 0.1) is 0 Å². The van der Waals surface area contributed by atoms with E-state index < -0.39 is 29.9 Å². The molecule has 8 nitrogen and oxygen atoms in total. The van der Waals surface area contributed by atoms with Crippen molar-refractivity contribution in [3.63, 3.8) is 0 Å². The van der Waals surface area contributed by atoms with Crippen LogP contribution in [0.4, 0.5) is 4.39 Å². The number of nitrogens with zero attached hydrogens (tertiary/aromatic N) is 1. The van der Waals surface area contributed by atoms with E-state index in [1.54, 1.807) is 12.1 Å². The average Bonchev–Trinajstić information content (AvgIpc) is 3.38. The zero-order valence-electron chi connectivity index (χ0n) is 25.9. The fraction of sp³-hybridized carbons (Fsp3) is 0.333. The van der Waals surface area contributed by atoms with Crippen LogP contribution < -0.4 is 4.74 Å². The molecule has 248 valence electrons. The number of Topliss-reactive ketones (excluding diaryl/α,β-unsaturated/α-hetero) is 2. The quantitative estimate of drug-likeness (QED) is 0.122. The van der Waals surface area contributed by atoms with Gasteiger partial charge in [-0.05, 0) is 95.8 Å². The molecule has 0 saturated carbocycles. The Hall–Kier alpha value is -4.05. The second-order valence-corrected chi connectivity index (χ2v) is 12.3. The summed E-state index contributed by atoms with van der Waals surface area (Å²) in [5, 5.41) is 17.9. The summed E-state index contributed by atoms with van der Waals surface area (Å²) in [7, 11) is 0. The molecule has 2 N–H and O–H groups in total. The van der Waals surface area contributed by atoms with Crippen molar-refractivity contribution in [1.29, 1.82) is 0 Å². The largest absolute Gasteiger partial charge is 0.489 e. The lowest BCUT2D eigenvalue weighted by atomic mass is 9.87. The molecule has 1 saturated heterocycles. The van der Waals surface area contributed by atoms with E-state index in [0.29, 0.717) is 22.0 Å². The highest BCUT2D eigenvalue weighted by molar-refractivity contribution is 6.36. The molecule has 1 aliphatic carbocycles. The summed E-state index contributed by atoms with van der Waals surface area (Å²) < 4.78 is 18.8. The third-order valence-electron chi connectivity index (χ3n) is 8.02. The zero-order chi connectivity index (χ0) is 34.1. The van der Waals surface area contributed by atoms with Crippen molar-refractivity contribution < 1.29 is 38.5 Å². The third-order valence-corrected chi connectivity index (χ3v) is 8.57. The monoisotopic (exact) mass is 683 g/mol. The minimum Gasteiger partial charge on any atom is -0.489 e. The maximum absolute atomic E-state index is 12.6. The first-order chi connectivity index (χ1) is 22.5. The highest BCUT2D eigenvalue weighted by Crippen LogP contribution is 2.43.